The van der Waals surface area contributed by atoms with Crippen molar-refractivity contribution >= 4 is 11.6 Å². The van der Waals surface area contributed by atoms with Crippen LogP contribution >= 0.6 is 11.6 Å². The predicted molar refractivity (Wildman–Crippen MR) is 70.0 cm³/mol. The van der Waals surface area contributed by atoms with Crippen LogP contribution in [0.1, 0.15) is 24.9 Å². The normalized spacial score (nSPS) is 13.6. The maximum absolute atomic E-state index is 13.6. The number of halogens is 5. The van der Waals surface area contributed by atoms with Gasteiger partial charge in [0, 0.05) is 0 Å². The van der Waals surface area contributed by atoms with Gasteiger partial charge in [0.25, 0.3) is 0 Å². The van der Waals surface area contributed by atoms with Crippen LogP contribution in [0.15, 0.2) is 18.2 Å². The number of hydrogen-bond acceptors (Lipinski definition) is 2. The third-order valence-electron chi connectivity index (χ3n) is 2.78. The SMILES string of the molecule is CCCNC(c1ccc(OC)c(Cl)c1)C(F)(F)C(F)F. The first-order chi connectivity index (χ1) is 9.34. The van der Waals surface area contributed by atoms with Crippen LogP contribution in [0.3, 0.4) is 0 Å². The average molecular weight is 314 g/mol. The van der Waals surface area contributed by atoms with Crippen LogP contribution in [-0.2, 0) is 0 Å². The zero-order valence-corrected chi connectivity index (χ0v) is 11.9. The Hall–Kier alpha value is -1.01. The third kappa shape index (κ3) is 3.76. The van der Waals surface area contributed by atoms with Gasteiger partial charge in [-0.3, -0.25) is 0 Å². The molecule has 0 bridgehead atoms. The summed E-state index contributed by atoms with van der Waals surface area (Å²) < 4.78 is 57.3. The minimum absolute atomic E-state index is 0.00505. The predicted octanol–water partition coefficient (Wildman–Crippen LogP) is 4.29. The van der Waals surface area contributed by atoms with E-state index >= 15 is 0 Å². The quantitative estimate of drug-likeness (QED) is 0.758. The smallest absolute Gasteiger partial charge is 0.326 e. The lowest BCUT2D eigenvalue weighted by Gasteiger charge is -2.28. The van der Waals surface area contributed by atoms with Gasteiger partial charge in [-0.05, 0) is 30.7 Å². The molecule has 0 aromatic heterocycles. The Kier molecular flexibility index (Phi) is 6.07. The van der Waals surface area contributed by atoms with Crippen molar-refractivity contribution in [3.63, 3.8) is 0 Å². The Morgan fingerprint density at radius 1 is 1.35 bits per heavy atom. The summed E-state index contributed by atoms with van der Waals surface area (Å²) in [5.41, 5.74) is -0.00505. The van der Waals surface area contributed by atoms with Crippen LogP contribution in [0.2, 0.25) is 5.02 Å². The van der Waals surface area contributed by atoms with E-state index in [9.17, 15) is 17.6 Å². The first kappa shape index (κ1) is 17.0. The van der Waals surface area contributed by atoms with Gasteiger partial charge in [0.1, 0.15) is 11.8 Å². The van der Waals surface area contributed by atoms with Crippen molar-refractivity contribution in [2.24, 2.45) is 0 Å². The van der Waals surface area contributed by atoms with Gasteiger partial charge in [0.15, 0.2) is 0 Å². The van der Waals surface area contributed by atoms with Gasteiger partial charge in [-0.1, -0.05) is 24.6 Å². The molecule has 1 aromatic carbocycles. The first-order valence-electron chi connectivity index (χ1n) is 6.07. The van der Waals surface area contributed by atoms with Crippen molar-refractivity contribution in [1.29, 1.82) is 0 Å². The lowest BCUT2D eigenvalue weighted by Crippen LogP contribution is -2.42. The molecule has 0 aliphatic carbocycles. The van der Waals surface area contributed by atoms with E-state index < -0.39 is 18.4 Å². The van der Waals surface area contributed by atoms with Crippen molar-refractivity contribution in [3.8, 4) is 5.75 Å². The number of alkyl halides is 4. The molecule has 0 aliphatic heterocycles. The van der Waals surface area contributed by atoms with Crippen molar-refractivity contribution in [1.82, 2.24) is 5.32 Å². The first-order valence-corrected chi connectivity index (χ1v) is 6.45. The topological polar surface area (TPSA) is 21.3 Å². The van der Waals surface area contributed by atoms with E-state index in [1.54, 1.807) is 6.92 Å². The molecule has 0 saturated carbocycles. The molecule has 0 amide bonds. The van der Waals surface area contributed by atoms with Crippen molar-refractivity contribution in [3.05, 3.63) is 28.8 Å². The Morgan fingerprint density at radius 3 is 2.45 bits per heavy atom. The molecule has 0 radical (unpaired) electrons. The molecule has 114 valence electrons. The summed E-state index contributed by atoms with van der Waals surface area (Å²) in [4.78, 5) is 0. The fraction of sp³-hybridized carbons (Fsp3) is 0.538. The number of ether oxygens (including phenoxy) is 1. The molecule has 20 heavy (non-hydrogen) atoms. The summed E-state index contributed by atoms with van der Waals surface area (Å²) in [6, 6.07) is 2.09. The largest absolute Gasteiger partial charge is 0.495 e. The molecular weight excluding hydrogens is 298 g/mol. The van der Waals surface area contributed by atoms with Crippen LogP contribution in [0.4, 0.5) is 17.6 Å². The van der Waals surface area contributed by atoms with Crippen LogP contribution in [0, 0.1) is 0 Å². The molecule has 1 N–H and O–H groups in total. The monoisotopic (exact) mass is 313 g/mol. The van der Waals surface area contributed by atoms with E-state index in [1.165, 1.54) is 25.3 Å². The number of methoxy groups -OCH3 is 1. The zero-order valence-electron chi connectivity index (χ0n) is 11.1. The molecule has 0 heterocycles. The van der Waals surface area contributed by atoms with Gasteiger partial charge in [-0.25, -0.2) is 8.78 Å². The van der Waals surface area contributed by atoms with E-state index in [4.69, 9.17) is 16.3 Å². The highest BCUT2D eigenvalue weighted by molar-refractivity contribution is 6.32. The van der Waals surface area contributed by atoms with E-state index in [2.05, 4.69) is 5.32 Å². The molecule has 1 unspecified atom stereocenters. The van der Waals surface area contributed by atoms with E-state index in [1.807, 2.05) is 0 Å². The fourth-order valence-electron chi connectivity index (χ4n) is 1.75. The van der Waals surface area contributed by atoms with Crippen LogP contribution in [-0.4, -0.2) is 26.0 Å². The highest BCUT2D eigenvalue weighted by atomic mass is 35.5. The molecule has 0 spiro atoms. The van der Waals surface area contributed by atoms with E-state index in [0.717, 1.165) is 0 Å². The summed E-state index contributed by atoms with van der Waals surface area (Å²) in [6.45, 7) is 1.95. The second kappa shape index (κ2) is 7.13. The summed E-state index contributed by atoms with van der Waals surface area (Å²) in [7, 11) is 1.38. The number of benzene rings is 1. The molecule has 2 nitrogen and oxygen atoms in total. The Balaban J connectivity index is 3.13. The van der Waals surface area contributed by atoms with Gasteiger partial charge < -0.3 is 10.1 Å². The lowest BCUT2D eigenvalue weighted by atomic mass is 10.00. The fourth-order valence-corrected chi connectivity index (χ4v) is 2.02. The van der Waals surface area contributed by atoms with Gasteiger partial charge in [0.2, 0.25) is 0 Å². The summed E-state index contributed by atoms with van der Waals surface area (Å²) in [5, 5.41) is 2.54. The van der Waals surface area contributed by atoms with Crippen molar-refractivity contribution < 1.29 is 22.3 Å². The van der Waals surface area contributed by atoms with Gasteiger partial charge >= 0.3 is 12.3 Å². The minimum Gasteiger partial charge on any atom is -0.495 e. The minimum atomic E-state index is -4.19. The van der Waals surface area contributed by atoms with E-state index in [-0.39, 0.29) is 17.1 Å². The van der Waals surface area contributed by atoms with Crippen molar-refractivity contribution in [2.45, 2.75) is 31.7 Å². The summed E-state index contributed by atoms with van der Waals surface area (Å²) in [6.07, 6.45) is -3.22. The zero-order chi connectivity index (χ0) is 15.3. The standard InChI is InChI=1S/C13H16ClF4NO/c1-3-6-19-11(13(17,18)12(15)16)8-4-5-10(20-2)9(14)7-8/h4-5,7,11-12,19H,3,6H2,1-2H3. The average Bonchev–Trinajstić information content (AvgIpc) is 2.39. The van der Waals surface area contributed by atoms with Gasteiger partial charge in [0.05, 0.1) is 12.1 Å². The second-order valence-electron chi connectivity index (χ2n) is 4.26. The van der Waals surface area contributed by atoms with Crippen LogP contribution < -0.4 is 10.1 Å². The molecule has 0 aliphatic rings. The summed E-state index contributed by atoms with van der Waals surface area (Å²) in [5.74, 6) is -3.89. The Bertz CT molecular complexity index is 442. The molecule has 0 fully saturated rings. The lowest BCUT2D eigenvalue weighted by molar-refractivity contribution is -0.151. The molecule has 1 rings (SSSR count). The Labute approximate surface area is 120 Å². The Morgan fingerprint density at radius 2 is 2.00 bits per heavy atom. The van der Waals surface area contributed by atoms with E-state index in [0.29, 0.717) is 12.2 Å². The molecule has 0 saturated heterocycles. The molecular formula is C13H16ClF4NO. The van der Waals surface area contributed by atoms with Crippen LogP contribution in [0.25, 0.3) is 0 Å². The molecule has 7 heteroatoms. The third-order valence-corrected chi connectivity index (χ3v) is 3.08. The second-order valence-corrected chi connectivity index (χ2v) is 4.66. The van der Waals surface area contributed by atoms with Gasteiger partial charge in [-0.15, -0.1) is 0 Å². The molecule has 1 aromatic rings. The summed E-state index contributed by atoms with van der Waals surface area (Å²) >= 11 is 5.85. The maximum Gasteiger partial charge on any atom is 0.326 e. The highest BCUT2D eigenvalue weighted by Crippen LogP contribution is 2.38. The number of nitrogens with one attached hydrogen (secondary N) is 1. The van der Waals surface area contributed by atoms with Crippen molar-refractivity contribution in [2.75, 3.05) is 13.7 Å². The van der Waals surface area contributed by atoms with Gasteiger partial charge in [-0.2, -0.15) is 8.78 Å². The number of hydrogen-bond donors (Lipinski definition) is 1. The maximum atomic E-state index is 13.6. The van der Waals surface area contributed by atoms with Crippen LogP contribution in [0.5, 0.6) is 5.75 Å². The highest BCUT2D eigenvalue weighted by Gasteiger charge is 2.49. The molecule has 1 atom stereocenters. The number of rotatable bonds is 7.